The number of methoxy groups -OCH3 is 2. The molecule has 2 amide bonds. The summed E-state index contributed by atoms with van der Waals surface area (Å²) in [4.78, 5) is 26.0. The van der Waals surface area contributed by atoms with Gasteiger partial charge in [0.2, 0.25) is 0 Å². The van der Waals surface area contributed by atoms with Crippen LogP contribution in [0.4, 0.5) is 4.79 Å². The average molecular weight is 347 g/mol. The molecule has 0 aliphatic carbocycles. The van der Waals surface area contributed by atoms with Crippen molar-refractivity contribution >= 4 is 29.0 Å². The number of hydrogen-bond acceptors (Lipinski definition) is 5. The van der Waals surface area contributed by atoms with E-state index in [0.29, 0.717) is 29.4 Å². The van der Waals surface area contributed by atoms with Gasteiger partial charge in [-0.2, -0.15) is 0 Å². The summed E-state index contributed by atoms with van der Waals surface area (Å²) in [5.74, 6) is 0.983. The first-order valence-electron chi connectivity index (χ1n) is 7.66. The number of thioether (sulfide) groups is 1. The number of amides is 2. The maximum Gasteiger partial charge on any atom is 0.293 e. The molecule has 1 aliphatic rings. The Bertz CT molecular complexity index is 697. The van der Waals surface area contributed by atoms with Crippen LogP contribution in [0, 0.1) is 0 Å². The van der Waals surface area contributed by atoms with Crippen molar-refractivity contribution in [2.45, 2.75) is 19.8 Å². The fraction of sp³-hybridized carbons (Fsp3) is 0.333. The van der Waals surface area contributed by atoms with Crippen molar-refractivity contribution in [1.82, 2.24) is 4.90 Å². The van der Waals surface area contributed by atoms with Crippen molar-refractivity contribution < 1.29 is 19.1 Å². The summed E-state index contributed by atoms with van der Waals surface area (Å²) in [6.45, 7) is 6.12. The molecule has 0 atom stereocenters. The van der Waals surface area contributed by atoms with Crippen molar-refractivity contribution in [2.24, 2.45) is 0 Å². The lowest BCUT2D eigenvalue weighted by atomic mass is 10.0. The fourth-order valence-electron chi connectivity index (χ4n) is 2.53. The average Bonchev–Trinajstić information content (AvgIpc) is 2.82. The summed E-state index contributed by atoms with van der Waals surface area (Å²) in [7, 11) is 3.15. The number of carbonyl (C=O) groups is 2. The van der Waals surface area contributed by atoms with E-state index in [4.69, 9.17) is 9.47 Å². The molecule has 1 saturated heterocycles. The van der Waals surface area contributed by atoms with E-state index in [2.05, 4.69) is 6.58 Å². The highest BCUT2D eigenvalue weighted by molar-refractivity contribution is 8.18. The van der Waals surface area contributed by atoms with E-state index < -0.39 is 0 Å². The van der Waals surface area contributed by atoms with Gasteiger partial charge in [0.1, 0.15) is 0 Å². The van der Waals surface area contributed by atoms with Crippen molar-refractivity contribution in [3.8, 4) is 11.5 Å². The second kappa shape index (κ2) is 8.06. The van der Waals surface area contributed by atoms with Crippen LogP contribution in [0.1, 0.15) is 24.5 Å². The zero-order chi connectivity index (χ0) is 17.7. The van der Waals surface area contributed by atoms with Crippen LogP contribution >= 0.6 is 11.8 Å². The van der Waals surface area contributed by atoms with E-state index in [1.807, 2.05) is 13.0 Å². The second-order valence-corrected chi connectivity index (χ2v) is 6.23. The first-order valence-corrected chi connectivity index (χ1v) is 8.48. The fourth-order valence-corrected chi connectivity index (χ4v) is 3.39. The zero-order valence-electron chi connectivity index (χ0n) is 14.1. The molecule has 0 aromatic heterocycles. The molecular weight excluding hydrogens is 326 g/mol. The molecule has 0 bridgehead atoms. The maximum absolute atomic E-state index is 12.3. The molecule has 2 rings (SSSR count). The summed E-state index contributed by atoms with van der Waals surface area (Å²) in [5, 5.41) is -0.222. The van der Waals surface area contributed by atoms with Crippen LogP contribution in [-0.2, 0) is 11.2 Å². The Hall–Kier alpha value is -2.21. The minimum atomic E-state index is -0.244. The van der Waals surface area contributed by atoms with Gasteiger partial charge in [-0.25, -0.2) is 0 Å². The molecule has 0 spiro atoms. The van der Waals surface area contributed by atoms with Crippen LogP contribution < -0.4 is 9.47 Å². The molecule has 24 heavy (non-hydrogen) atoms. The molecule has 0 saturated carbocycles. The van der Waals surface area contributed by atoms with Gasteiger partial charge in [0, 0.05) is 12.1 Å². The summed E-state index contributed by atoms with van der Waals surface area (Å²) in [6.07, 6.45) is 4.84. The van der Waals surface area contributed by atoms with E-state index >= 15 is 0 Å². The Morgan fingerprint density at radius 3 is 2.58 bits per heavy atom. The van der Waals surface area contributed by atoms with Crippen molar-refractivity contribution in [1.29, 1.82) is 0 Å². The van der Waals surface area contributed by atoms with Crippen molar-refractivity contribution in [3.63, 3.8) is 0 Å². The zero-order valence-corrected chi connectivity index (χ0v) is 14.9. The van der Waals surface area contributed by atoms with Gasteiger partial charge < -0.3 is 9.47 Å². The minimum absolute atomic E-state index is 0.222. The quantitative estimate of drug-likeness (QED) is 0.553. The van der Waals surface area contributed by atoms with Gasteiger partial charge in [-0.15, -0.1) is 6.58 Å². The molecule has 1 aliphatic heterocycles. The van der Waals surface area contributed by atoms with Gasteiger partial charge in [-0.05, 0) is 48.4 Å². The lowest BCUT2D eigenvalue weighted by Crippen LogP contribution is -2.28. The van der Waals surface area contributed by atoms with Crippen LogP contribution in [0.2, 0.25) is 0 Å². The number of carbonyl (C=O) groups excluding carboxylic acids is 2. The molecule has 1 fully saturated rings. The topological polar surface area (TPSA) is 55.8 Å². The summed E-state index contributed by atoms with van der Waals surface area (Å²) in [5.41, 5.74) is 1.69. The number of nitrogens with zero attached hydrogens (tertiary/aromatic N) is 1. The molecule has 1 aromatic rings. The number of imide groups is 1. The normalized spacial score (nSPS) is 16.0. The molecule has 1 aromatic carbocycles. The predicted molar refractivity (Wildman–Crippen MR) is 96.4 cm³/mol. The smallest absolute Gasteiger partial charge is 0.293 e. The SMILES string of the molecule is C=CCc1cc(/C=C2\SC(=O)N(CCC)C2=O)cc(OC)c1OC. The first-order chi connectivity index (χ1) is 11.5. The predicted octanol–water partition coefficient (Wildman–Crippen LogP) is 3.88. The van der Waals surface area contributed by atoms with Crippen molar-refractivity contribution in [2.75, 3.05) is 20.8 Å². The Labute approximate surface area is 146 Å². The third-order valence-electron chi connectivity index (χ3n) is 3.56. The lowest BCUT2D eigenvalue weighted by molar-refractivity contribution is -0.122. The van der Waals surface area contributed by atoms with E-state index in [1.165, 1.54) is 4.90 Å². The minimum Gasteiger partial charge on any atom is -0.493 e. The highest BCUT2D eigenvalue weighted by Gasteiger charge is 2.34. The third-order valence-corrected chi connectivity index (χ3v) is 4.47. The number of allylic oxidation sites excluding steroid dienone is 1. The maximum atomic E-state index is 12.3. The highest BCUT2D eigenvalue weighted by Crippen LogP contribution is 2.36. The third kappa shape index (κ3) is 3.64. The summed E-state index contributed by atoms with van der Waals surface area (Å²) < 4.78 is 10.8. The molecule has 6 heteroatoms. The van der Waals surface area contributed by atoms with Gasteiger partial charge in [0.15, 0.2) is 11.5 Å². The van der Waals surface area contributed by atoms with Gasteiger partial charge in [-0.1, -0.05) is 13.0 Å². The van der Waals surface area contributed by atoms with Crippen LogP contribution in [0.15, 0.2) is 29.7 Å². The number of hydrogen-bond donors (Lipinski definition) is 0. The first kappa shape index (κ1) is 18.1. The molecule has 0 N–H and O–H groups in total. The van der Waals surface area contributed by atoms with E-state index in [0.717, 1.165) is 29.3 Å². The molecule has 128 valence electrons. The number of ether oxygens (including phenoxy) is 2. The number of benzene rings is 1. The van der Waals surface area contributed by atoms with E-state index in [-0.39, 0.29) is 11.1 Å². The lowest BCUT2D eigenvalue weighted by Gasteiger charge is -2.13. The largest absolute Gasteiger partial charge is 0.493 e. The molecular formula is C18H21NO4S. The van der Waals surface area contributed by atoms with Crippen LogP contribution in [-0.4, -0.2) is 36.8 Å². The van der Waals surface area contributed by atoms with E-state index in [9.17, 15) is 9.59 Å². The van der Waals surface area contributed by atoms with E-state index in [1.54, 1.807) is 32.4 Å². The van der Waals surface area contributed by atoms with Crippen LogP contribution in [0.25, 0.3) is 6.08 Å². The summed E-state index contributed by atoms with van der Waals surface area (Å²) >= 11 is 0.966. The van der Waals surface area contributed by atoms with Gasteiger partial charge in [-0.3, -0.25) is 14.5 Å². The highest BCUT2D eigenvalue weighted by atomic mass is 32.2. The number of rotatable bonds is 7. The van der Waals surface area contributed by atoms with Crippen LogP contribution in [0.5, 0.6) is 11.5 Å². The molecule has 1 heterocycles. The second-order valence-electron chi connectivity index (χ2n) is 5.24. The molecule has 0 radical (unpaired) electrons. The van der Waals surface area contributed by atoms with Crippen LogP contribution in [0.3, 0.4) is 0 Å². The molecule has 0 unspecified atom stereocenters. The Morgan fingerprint density at radius 1 is 1.25 bits per heavy atom. The van der Waals surface area contributed by atoms with Crippen molar-refractivity contribution in [3.05, 3.63) is 40.8 Å². The Balaban J connectivity index is 2.42. The Morgan fingerprint density at radius 2 is 2.00 bits per heavy atom. The van der Waals surface area contributed by atoms with Gasteiger partial charge in [0.25, 0.3) is 11.1 Å². The van der Waals surface area contributed by atoms with Gasteiger partial charge in [0.05, 0.1) is 19.1 Å². The van der Waals surface area contributed by atoms with Gasteiger partial charge >= 0.3 is 0 Å². The Kier molecular flexibility index (Phi) is 6.09. The summed E-state index contributed by atoms with van der Waals surface area (Å²) in [6, 6.07) is 3.70. The monoisotopic (exact) mass is 347 g/mol. The molecule has 5 nitrogen and oxygen atoms in total. The standard InChI is InChI=1S/C18H21NO4S/c1-5-7-13-9-12(10-14(22-3)16(13)23-4)11-15-17(20)19(8-6-2)18(21)24-15/h5,9-11H,1,6-8H2,2-4H3/b15-11-.